The first-order valence-corrected chi connectivity index (χ1v) is 5.57. The van der Waals surface area contributed by atoms with E-state index in [1.54, 1.807) is 12.1 Å². The van der Waals surface area contributed by atoms with Crippen molar-refractivity contribution in [3.8, 4) is 0 Å². The molecule has 16 heavy (non-hydrogen) atoms. The van der Waals surface area contributed by atoms with Gasteiger partial charge in [0, 0.05) is 15.8 Å². The van der Waals surface area contributed by atoms with Gasteiger partial charge in [0.2, 0.25) is 0 Å². The van der Waals surface area contributed by atoms with Crippen LogP contribution in [0.4, 0.5) is 17.1 Å². The first kappa shape index (κ1) is 10.7. The van der Waals surface area contributed by atoms with Crippen molar-refractivity contribution in [1.29, 1.82) is 0 Å². The fraction of sp³-hybridized carbons (Fsp3) is 0. The Labute approximate surface area is 103 Å². The van der Waals surface area contributed by atoms with Crippen LogP contribution in [0.1, 0.15) is 0 Å². The number of hydrogen-bond acceptors (Lipinski definition) is 1. The van der Waals surface area contributed by atoms with Gasteiger partial charge in [-0.15, -0.1) is 0 Å². The molecule has 2 aromatic carbocycles. The molecule has 0 aliphatic heterocycles. The quantitative estimate of drug-likeness (QED) is 0.781. The van der Waals surface area contributed by atoms with Crippen LogP contribution in [0.25, 0.3) is 4.85 Å². The van der Waals surface area contributed by atoms with E-state index in [2.05, 4.69) is 26.1 Å². The third-order valence-corrected chi connectivity index (χ3v) is 2.66. The van der Waals surface area contributed by atoms with Crippen LogP contribution >= 0.6 is 15.9 Å². The minimum absolute atomic E-state index is 0.654. The van der Waals surface area contributed by atoms with Crippen molar-refractivity contribution < 1.29 is 0 Å². The second-order valence-electron chi connectivity index (χ2n) is 3.29. The van der Waals surface area contributed by atoms with E-state index in [9.17, 15) is 0 Å². The minimum Gasteiger partial charge on any atom is -0.356 e. The Morgan fingerprint density at radius 3 is 1.88 bits per heavy atom. The lowest BCUT2D eigenvalue weighted by molar-refractivity contribution is 1.54. The van der Waals surface area contributed by atoms with Gasteiger partial charge < -0.3 is 5.32 Å². The maximum Gasteiger partial charge on any atom is 0.187 e. The van der Waals surface area contributed by atoms with E-state index in [1.165, 1.54) is 0 Å². The monoisotopic (exact) mass is 272 g/mol. The van der Waals surface area contributed by atoms with E-state index >= 15 is 0 Å². The van der Waals surface area contributed by atoms with Crippen LogP contribution in [0.15, 0.2) is 53.0 Å². The Morgan fingerprint density at radius 1 is 0.875 bits per heavy atom. The van der Waals surface area contributed by atoms with Gasteiger partial charge in [-0.2, -0.15) is 0 Å². The lowest BCUT2D eigenvalue weighted by Crippen LogP contribution is -1.88. The van der Waals surface area contributed by atoms with Gasteiger partial charge in [-0.25, -0.2) is 4.85 Å². The number of hydrogen-bond donors (Lipinski definition) is 1. The second-order valence-corrected chi connectivity index (χ2v) is 4.21. The lowest BCUT2D eigenvalue weighted by Gasteiger charge is -2.06. The molecule has 0 atom stereocenters. The zero-order chi connectivity index (χ0) is 11.4. The second kappa shape index (κ2) is 4.82. The molecule has 0 radical (unpaired) electrons. The fourth-order valence-corrected chi connectivity index (χ4v) is 1.58. The summed E-state index contributed by atoms with van der Waals surface area (Å²) in [5.74, 6) is 0. The molecule has 0 aliphatic rings. The summed E-state index contributed by atoms with van der Waals surface area (Å²) in [6.07, 6.45) is 0. The predicted molar refractivity (Wildman–Crippen MR) is 70.1 cm³/mol. The van der Waals surface area contributed by atoms with Crippen LogP contribution in [0.2, 0.25) is 0 Å². The van der Waals surface area contributed by atoms with Crippen molar-refractivity contribution in [2.75, 3.05) is 5.32 Å². The molecule has 0 amide bonds. The van der Waals surface area contributed by atoms with Gasteiger partial charge in [-0.1, -0.05) is 28.1 Å². The molecular weight excluding hydrogens is 264 g/mol. The Kier molecular flexibility index (Phi) is 3.23. The van der Waals surface area contributed by atoms with Crippen molar-refractivity contribution in [2.24, 2.45) is 0 Å². The van der Waals surface area contributed by atoms with E-state index < -0.39 is 0 Å². The molecule has 3 heteroatoms. The highest BCUT2D eigenvalue weighted by atomic mass is 79.9. The van der Waals surface area contributed by atoms with Gasteiger partial charge in [-0.3, -0.25) is 0 Å². The van der Waals surface area contributed by atoms with E-state index in [1.807, 2.05) is 36.4 Å². The van der Waals surface area contributed by atoms with Crippen LogP contribution in [-0.2, 0) is 0 Å². The molecule has 0 bridgehead atoms. The fourth-order valence-electron chi connectivity index (χ4n) is 1.32. The van der Waals surface area contributed by atoms with Gasteiger partial charge >= 0.3 is 0 Å². The summed E-state index contributed by atoms with van der Waals surface area (Å²) in [6, 6.07) is 15.3. The van der Waals surface area contributed by atoms with Gasteiger partial charge in [0.1, 0.15) is 0 Å². The zero-order valence-corrected chi connectivity index (χ0v) is 10.0. The minimum atomic E-state index is 0.654. The summed E-state index contributed by atoms with van der Waals surface area (Å²) in [4.78, 5) is 3.35. The highest BCUT2D eigenvalue weighted by Gasteiger charge is 1.95. The molecule has 0 spiro atoms. The number of nitrogens with zero attached hydrogens (tertiary/aromatic N) is 1. The SMILES string of the molecule is [C-]#[N+]c1ccc(Nc2ccc(Br)cc2)cc1. The molecule has 0 heterocycles. The van der Waals surface area contributed by atoms with Crippen molar-refractivity contribution in [3.63, 3.8) is 0 Å². The topological polar surface area (TPSA) is 16.4 Å². The molecule has 2 aromatic rings. The molecule has 2 rings (SSSR count). The molecular formula is C13H9BrN2. The van der Waals surface area contributed by atoms with Crippen LogP contribution in [0, 0.1) is 6.57 Å². The van der Waals surface area contributed by atoms with Gasteiger partial charge in [0.15, 0.2) is 5.69 Å². The van der Waals surface area contributed by atoms with Crippen LogP contribution in [0.3, 0.4) is 0 Å². The summed E-state index contributed by atoms with van der Waals surface area (Å²) < 4.78 is 1.06. The van der Waals surface area contributed by atoms with Crippen molar-refractivity contribution in [1.82, 2.24) is 0 Å². The number of nitrogens with one attached hydrogen (secondary N) is 1. The van der Waals surface area contributed by atoms with Crippen LogP contribution in [-0.4, -0.2) is 0 Å². The third-order valence-electron chi connectivity index (χ3n) is 2.13. The van der Waals surface area contributed by atoms with Crippen molar-refractivity contribution in [2.45, 2.75) is 0 Å². The number of benzene rings is 2. The van der Waals surface area contributed by atoms with E-state index in [4.69, 9.17) is 6.57 Å². The molecule has 0 saturated heterocycles. The zero-order valence-electron chi connectivity index (χ0n) is 8.44. The predicted octanol–water partition coefficient (Wildman–Crippen LogP) is 4.74. The molecule has 0 fully saturated rings. The summed E-state index contributed by atoms with van der Waals surface area (Å²) in [7, 11) is 0. The van der Waals surface area contributed by atoms with Crippen molar-refractivity contribution >= 4 is 33.0 Å². The first-order valence-electron chi connectivity index (χ1n) is 4.78. The summed E-state index contributed by atoms with van der Waals surface area (Å²) in [5.41, 5.74) is 2.66. The third kappa shape index (κ3) is 2.62. The summed E-state index contributed by atoms with van der Waals surface area (Å²) in [5, 5.41) is 3.26. The van der Waals surface area contributed by atoms with Crippen molar-refractivity contribution in [3.05, 3.63) is 64.4 Å². The Morgan fingerprint density at radius 2 is 1.38 bits per heavy atom. The van der Waals surface area contributed by atoms with Gasteiger partial charge in [-0.05, 0) is 36.4 Å². The van der Waals surface area contributed by atoms with E-state index in [-0.39, 0.29) is 0 Å². The molecule has 78 valence electrons. The average molecular weight is 273 g/mol. The molecule has 0 aliphatic carbocycles. The number of rotatable bonds is 2. The normalized spacial score (nSPS) is 9.50. The number of halogens is 1. The maximum absolute atomic E-state index is 6.86. The summed E-state index contributed by atoms with van der Waals surface area (Å²) in [6.45, 7) is 6.86. The average Bonchev–Trinajstić information content (AvgIpc) is 2.33. The van der Waals surface area contributed by atoms with Gasteiger partial charge in [0.05, 0.1) is 6.57 Å². The lowest BCUT2D eigenvalue weighted by atomic mass is 10.2. The highest BCUT2D eigenvalue weighted by molar-refractivity contribution is 9.10. The largest absolute Gasteiger partial charge is 0.356 e. The van der Waals surface area contributed by atoms with Crippen LogP contribution < -0.4 is 5.32 Å². The maximum atomic E-state index is 6.86. The van der Waals surface area contributed by atoms with Gasteiger partial charge in [0.25, 0.3) is 0 Å². The summed E-state index contributed by atoms with van der Waals surface area (Å²) >= 11 is 3.39. The smallest absolute Gasteiger partial charge is 0.187 e. The Bertz CT molecular complexity index is 509. The Balaban J connectivity index is 2.15. The molecule has 0 unspecified atom stereocenters. The molecule has 2 nitrogen and oxygen atoms in total. The van der Waals surface area contributed by atoms with E-state index in [0.29, 0.717) is 5.69 Å². The Hall–Kier alpha value is -1.79. The molecule has 0 saturated carbocycles. The molecule has 1 N–H and O–H groups in total. The standard InChI is InChI=1S/C13H9BrN2/c1-15-11-6-8-13(9-7-11)16-12-4-2-10(14)3-5-12/h2-9,16H. The van der Waals surface area contributed by atoms with E-state index in [0.717, 1.165) is 15.8 Å². The number of anilines is 2. The highest BCUT2D eigenvalue weighted by Crippen LogP contribution is 2.21. The first-order chi connectivity index (χ1) is 7.78. The van der Waals surface area contributed by atoms with Crippen LogP contribution in [0.5, 0.6) is 0 Å². The molecule has 0 aromatic heterocycles.